The molecule has 2 aromatic heterocycles. The summed E-state index contributed by atoms with van der Waals surface area (Å²) in [5.41, 5.74) is 5.70. The number of fused-ring (bicyclic) bond motifs is 1. The molecule has 2 aromatic rings. The van der Waals surface area contributed by atoms with E-state index in [1.807, 2.05) is 56.6 Å². The molecular formula is C26H34N2OS. The molecule has 1 aliphatic carbocycles. The number of hydrogen-bond acceptors (Lipinski definition) is 3. The number of thiophene rings is 1. The Kier molecular flexibility index (Phi) is 7.54. The number of aryl methyl sites for hydroxylation is 4. The Bertz CT molecular complexity index is 986. The molecule has 160 valence electrons. The van der Waals surface area contributed by atoms with Crippen LogP contribution in [-0.4, -0.2) is 4.57 Å². The zero-order valence-corrected chi connectivity index (χ0v) is 19.7. The van der Waals surface area contributed by atoms with E-state index in [0.717, 1.165) is 22.3 Å². The first-order valence-electron chi connectivity index (χ1n) is 11.0. The average Bonchev–Trinajstić information content (AvgIpc) is 3.01. The molecule has 0 aliphatic heterocycles. The van der Waals surface area contributed by atoms with Gasteiger partial charge in [0.2, 0.25) is 0 Å². The van der Waals surface area contributed by atoms with Crippen LogP contribution in [0.3, 0.4) is 0 Å². The van der Waals surface area contributed by atoms with Crippen LogP contribution >= 0.6 is 11.3 Å². The molecule has 1 atom stereocenters. The summed E-state index contributed by atoms with van der Waals surface area (Å²) >= 11 is 1.98. The van der Waals surface area contributed by atoms with E-state index in [1.165, 1.54) is 37.0 Å². The second kappa shape index (κ2) is 10.1. The summed E-state index contributed by atoms with van der Waals surface area (Å²) in [6.45, 7) is 8.25. The third-order valence-electron chi connectivity index (χ3n) is 5.80. The Hall–Kier alpha value is -2.33. The molecule has 3 rings (SSSR count). The fraction of sp³-hybridized carbons (Fsp3) is 0.423. The minimum Gasteiger partial charge on any atom is -0.383 e. The second-order valence-corrected chi connectivity index (χ2v) is 9.48. The summed E-state index contributed by atoms with van der Waals surface area (Å²) in [5, 5.41) is 3.61. The molecule has 1 N–H and O–H groups in total. The van der Waals surface area contributed by atoms with E-state index in [-0.39, 0.29) is 11.6 Å². The maximum Gasteiger partial charge on any atom is 0.253 e. The van der Waals surface area contributed by atoms with Gasteiger partial charge in [0.15, 0.2) is 0 Å². The Morgan fingerprint density at radius 3 is 2.73 bits per heavy atom. The predicted molar refractivity (Wildman–Crippen MR) is 130 cm³/mol. The van der Waals surface area contributed by atoms with E-state index in [4.69, 9.17) is 0 Å². The lowest BCUT2D eigenvalue weighted by Gasteiger charge is -2.14. The molecule has 0 fully saturated rings. The van der Waals surface area contributed by atoms with Crippen LogP contribution in [0.1, 0.15) is 72.5 Å². The van der Waals surface area contributed by atoms with Crippen molar-refractivity contribution in [1.82, 2.24) is 9.88 Å². The average molecular weight is 423 g/mol. The van der Waals surface area contributed by atoms with Crippen molar-refractivity contribution in [3.8, 4) is 0 Å². The fourth-order valence-corrected chi connectivity index (χ4v) is 5.26. The van der Waals surface area contributed by atoms with Crippen LogP contribution in [0.25, 0.3) is 5.57 Å². The maximum absolute atomic E-state index is 12.1. The van der Waals surface area contributed by atoms with Crippen molar-refractivity contribution in [2.24, 2.45) is 7.05 Å². The number of nitrogens with one attached hydrogen (secondary N) is 1. The molecule has 0 amide bonds. The second-order valence-electron chi connectivity index (χ2n) is 8.31. The minimum atomic E-state index is 0.0509. The summed E-state index contributed by atoms with van der Waals surface area (Å²) in [5.74, 6) is 0. The van der Waals surface area contributed by atoms with Gasteiger partial charge in [-0.1, -0.05) is 24.6 Å². The molecule has 3 nitrogen and oxygen atoms in total. The van der Waals surface area contributed by atoms with Crippen LogP contribution in [0.2, 0.25) is 0 Å². The highest BCUT2D eigenvalue weighted by molar-refractivity contribution is 7.12. The first-order chi connectivity index (χ1) is 14.4. The largest absolute Gasteiger partial charge is 0.383 e. The molecule has 1 aliphatic rings. The summed E-state index contributed by atoms with van der Waals surface area (Å²) in [7, 11) is 1.81. The highest BCUT2D eigenvalue weighted by atomic mass is 32.1. The van der Waals surface area contributed by atoms with Crippen LogP contribution in [0.5, 0.6) is 0 Å². The molecule has 0 bridgehead atoms. The molecule has 0 saturated heterocycles. The third kappa shape index (κ3) is 5.23. The van der Waals surface area contributed by atoms with Crippen molar-refractivity contribution < 1.29 is 0 Å². The highest BCUT2D eigenvalue weighted by Gasteiger charge is 2.15. The predicted octanol–water partition coefficient (Wildman–Crippen LogP) is 6.24. The van der Waals surface area contributed by atoms with E-state index < -0.39 is 0 Å². The monoisotopic (exact) mass is 422 g/mol. The van der Waals surface area contributed by atoms with Gasteiger partial charge in [0.05, 0.1) is 6.04 Å². The number of allylic oxidation sites excluding steroid dienone is 5. The van der Waals surface area contributed by atoms with Gasteiger partial charge in [0, 0.05) is 34.8 Å². The summed E-state index contributed by atoms with van der Waals surface area (Å²) in [6, 6.07) is 4.68. The molecule has 0 radical (unpaired) electrons. The first kappa shape index (κ1) is 22.4. The van der Waals surface area contributed by atoms with Crippen molar-refractivity contribution >= 4 is 16.9 Å². The number of hydrogen-bond donors (Lipinski definition) is 1. The van der Waals surface area contributed by atoms with Crippen LogP contribution in [-0.2, 0) is 19.9 Å². The zero-order chi connectivity index (χ0) is 21.7. The van der Waals surface area contributed by atoms with E-state index in [9.17, 15) is 4.79 Å². The van der Waals surface area contributed by atoms with Crippen molar-refractivity contribution in [3.63, 3.8) is 0 Å². The Balaban J connectivity index is 1.83. The van der Waals surface area contributed by atoms with Gasteiger partial charge >= 0.3 is 0 Å². The van der Waals surface area contributed by atoms with Crippen molar-refractivity contribution in [1.29, 1.82) is 0 Å². The lowest BCUT2D eigenvalue weighted by molar-refractivity contribution is 0.692. The van der Waals surface area contributed by atoms with Gasteiger partial charge in [-0.2, -0.15) is 0 Å². The maximum atomic E-state index is 12.1. The number of rotatable bonds is 6. The molecule has 0 saturated carbocycles. The van der Waals surface area contributed by atoms with Crippen LogP contribution in [0.4, 0.5) is 0 Å². The van der Waals surface area contributed by atoms with Gasteiger partial charge in [-0.3, -0.25) is 4.79 Å². The van der Waals surface area contributed by atoms with Crippen molar-refractivity contribution in [2.75, 3.05) is 0 Å². The fourth-order valence-electron chi connectivity index (χ4n) is 3.99. The molecule has 4 heteroatoms. The zero-order valence-electron chi connectivity index (χ0n) is 18.9. The molecular weight excluding hydrogens is 388 g/mol. The summed E-state index contributed by atoms with van der Waals surface area (Å²) in [4.78, 5) is 15.1. The molecule has 2 heterocycles. The third-order valence-corrected chi connectivity index (χ3v) is 7.22. The SMILES string of the molecule is C\C=C/C=C(\C(C)=C\NC(C)c1cc2c(s1)CCCCC2)c1cc(C)c(=O)n(C)c1. The minimum absolute atomic E-state index is 0.0509. The van der Waals surface area contributed by atoms with Crippen molar-refractivity contribution in [3.05, 3.63) is 85.1 Å². The Morgan fingerprint density at radius 2 is 2.00 bits per heavy atom. The molecule has 0 spiro atoms. The quantitative estimate of drug-likeness (QED) is 0.442. The number of pyridine rings is 1. The van der Waals surface area contributed by atoms with Crippen LogP contribution < -0.4 is 10.9 Å². The van der Waals surface area contributed by atoms with Gasteiger partial charge in [-0.25, -0.2) is 0 Å². The topological polar surface area (TPSA) is 34.0 Å². The van der Waals surface area contributed by atoms with Gasteiger partial charge < -0.3 is 9.88 Å². The van der Waals surface area contributed by atoms with E-state index in [2.05, 4.69) is 37.5 Å². The molecule has 30 heavy (non-hydrogen) atoms. The first-order valence-corrected chi connectivity index (χ1v) is 11.8. The van der Waals surface area contributed by atoms with Crippen molar-refractivity contribution in [2.45, 2.75) is 65.8 Å². The van der Waals surface area contributed by atoms with E-state index in [0.29, 0.717) is 0 Å². The normalized spacial score (nSPS) is 16.4. The standard InChI is InChI=1S/C26H34N2OS/c1-6-7-12-23(22-14-18(2)26(29)28(5)17-22)19(3)16-27-20(4)25-15-21-11-9-8-10-13-24(21)30-25/h6-7,12,14-17,20,27H,8-11,13H2,1-5H3/b7-6-,19-16+,23-12+. The van der Waals surface area contributed by atoms with Crippen LogP contribution in [0, 0.1) is 6.92 Å². The van der Waals surface area contributed by atoms with Gasteiger partial charge in [-0.05, 0) is 87.8 Å². The van der Waals surface area contributed by atoms with Gasteiger partial charge in [-0.15, -0.1) is 11.3 Å². The highest BCUT2D eigenvalue weighted by Crippen LogP contribution is 2.32. The number of aromatic nitrogens is 1. The van der Waals surface area contributed by atoms with Gasteiger partial charge in [0.1, 0.15) is 0 Å². The lowest BCUT2D eigenvalue weighted by Crippen LogP contribution is -2.19. The summed E-state index contributed by atoms with van der Waals surface area (Å²) in [6.07, 6.45) is 16.7. The molecule has 1 unspecified atom stereocenters. The lowest BCUT2D eigenvalue weighted by atomic mass is 9.99. The Labute approximate surface area is 184 Å². The number of nitrogens with zero attached hydrogens (tertiary/aromatic N) is 1. The van der Waals surface area contributed by atoms with E-state index in [1.54, 1.807) is 15.0 Å². The molecule has 0 aromatic carbocycles. The Morgan fingerprint density at radius 1 is 1.23 bits per heavy atom. The van der Waals surface area contributed by atoms with Gasteiger partial charge in [0.25, 0.3) is 5.56 Å². The smallest absolute Gasteiger partial charge is 0.253 e. The van der Waals surface area contributed by atoms with E-state index >= 15 is 0 Å². The summed E-state index contributed by atoms with van der Waals surface area (Å²) < 4.78 is 1.66. The van der Waals surface area contributed by atoms with Crippen LogP contribution in [0.15, 0.2) is 53.1 Å².